The molecule has 0 saturated carbocycles. The van der Waals surface area contributed by atoms with Crippen LogP contribution in [0.25, 0.3) is 11.0 Å². The molecule has 0 atom stereocenters. The van der Waals surface area contributed by atoms with Gasteiger partial charge in [-0.05, 0) is 37.3 Å². The van der Waals surface area contributed by atoms with Crippen LogP contribution in [0.1, 0.15) is 26.4 Å². The summed E-state index contributed by atoms with van der Waals surface area (Å²) >= 11 is 0. The summed E-state index contributed by atoms with van der Waals surface area (Å²) in [6.45, 7) is 1.65. The second kappa shape index (κ2) is 7.87. The van der Waals surface area contributed by atoms with Crippen LogP contribution in [-0.4, -0.2) is 46.2 Å². The van der Waals surface area contributed by atoms with Crippen LogP contribution in [0.4, 0.5) is 5.69 Å². The largest absolute Gasteiger partial charge is 0.468 e. The molecule has 3 aromatic rings. The van der Waals surface area contributed by atoms with Crippen molar-refractivity contribution in [1.29, 1.82) is 0 Å². The van der Waals surface area contributed by atoms with E-state index in [-0.39, 0.29) is 12.5 Å². The third-order valence-corrected chi connectivity index (χ3v) is 4.15. The van der Waals surface area contributed by atoms with Gasteiger partial charge in [-0.2, -0.15) is 5.10 Å². The summed E-state index contributed by atoms with van der Waals surface area (Å²) in [6.07, 6.45) is 1.49. The van der Waals surface area contributed by atoms with Crippen molar-refractivity contribution in [2.75, 3.05) is 19.0 Å². The molecule has 0 aliphatic heterocycles. The van der Waals surface area contributed by atoms with Crippen LogP contribution < -0.4 is 10.6 Å². The molecule has 2 amide bonds. The molecule has 3 rings (SSSR count). The van der Waals surface area contributed by atoms with E-state index in [1.54, 1.807) is 42.1 Å². The number of ether oxygens (including phenoxy) is 1. The van der Waals surface area contributed by atoms with Crippen molar-refractivity contribution in [1.82, 2.24) is 20.1 Å². The van der Waals surface area contributed by atoms with Gasteiger partial charge in [0.1, 0.15) is 6.54 Å². The Morgan fingerprint density at radius 2 is 1.82 bits per heavy atom. The molecule has 144 valence electrons. The van der Waals surface area contributed by atoms with Crippen LogP contribution in [0.3, 0.4) is 0 Å². The molecule has 28 heavy (non-hydrogen) atoms. The van der Waals surface area contributed by atoms with E-state index < -0.39 is 11.9 Å². The Hall–Kier alpha value is -3.75. The van der Waals surface area contributed by atoms with Gasteiger partial charge in [0.15, 0.2) is 5.65 Å². The van der Waals surface area contributed by atoms with Crippen LogP contribution >= 0.6 is 0 Å². The fourth-order valence-electron chi connectivity index (χ4n) is 2.67. The summed E-state index contributed by atoms with van der Waals surface area (Å²) in [6, 6.07) is 8.05. The number of hydrogen-bond donors (Lipinski definition) is 2. The molecule has 0 aliphatic rings. The van der Waals surface area contributed by atoms with Gasteiger partial charge in [-0.3, -0.25) is 19.1 Å². The Labute approximate surface area is 160 Å². The predicted octanol–water partition coefficient (Wildman–Crippen LogP) is 1.43. The zero-order valence-corrected chi connectivity index (χ0v) is 15.6. The number of methoxy groups -OCH3 is 1. The minimum atomic E-state index is -0.535. The van der Waals surface area contributed by atoms with E-state index in [4.69, 9.17) is 0 Å². The summed E-state index contributed by atoms with van der Waals surface area (Å²) in [5.74, 6) is -1.27. The van der Waals surface area contributed by atoms with E-state index in [1.165, 1.54) is 13.3 Å². The van der Waals surface area contributed by atoms with Crippen LogP contribution in [0.5, 0.6) is 0 Å². The number of carbonyl (C=O) groups excluding carboxylic acids is 3. The van der Waals surface area contributed by atoms with E-state index in [0.717, 1.165) is 11.1 Å². The molecule has 0 fully saturated rings. The maximum Gasteiger partial charge on any atom is 0.325 e. The monoisotopic (exact) mass is 381 g/mol. The van der Waals surface area contributed by atoms with E-state index in [9.17, 15) is 14.4 Å². The molecule has 9 heteroatoms. The minimum absolute atomic E-state index is 0.211. The number of carbonyl (C=O) groups is 3. The molecule has 1 aromatic carbocycles. The summed E-state index contributed by atoms with van der Waals surface area (Å²) in [4.78, 5) is 39.8. The van der Waals surface area contributed by atoms with Gasteiger partial charge in [0.25, 0.3) is 11.8 Å². The lowest BCUT2D eigenvalue weighted by molar-refractivity contribution is -0.139. The van der Waals surface area contributed by atoms with Crippen molar-refractivity contribution >= 4 is 34.5 Å². The average Bonchev–Trinajstić information content (AvgIpc) is 2.99. The lowest BCUT2D eigenvalue weighted by atomic mass is 10.1. The number of nitrogens with zero attached hydrogens (tertiary/aromatic N) is 3. The molecule has 0 unspecified atom stereocenters. The first-order valence-electron chi connectivity index (χ1n) is 8.45. The summed E-state index contributed by atoms with van der Waals surface area (Å²) in [7, 11) is 3.04. The molecular weight excluding hydrogens is 362 g/mol. The van der Waals surface area contributed by atoms with Crippen molar-refractivity contribution in [2.24, 2.45) is 7.05 Å². The van der Waals surface area contributed by atoms with Crippen LogP contribution in [0.2, 0.25) is 0 Å². The first-order valence-corrected chi connectivity index (χ1v) is 8.45. The normalized spacial score (nSPS) is 10.5. The van der Waals surface area contributed by atoms with Gasteiger partial charge in [-0.25, -0.2) is 4.98 Å². The van der Waals surface area contributed by atoms with Gasteiger partial charge < -0.3 is 15.4 Å². The Balaban J connectivity index is 1.68. The third-order valence-electron chi connectivity index (χ3n) is 4.15. The smallest absolute Gasteiger partial charge is 0.325 e. The lowest BCUT2D eigenvalue weighted by Gasteiger charge is -2.07. The zero-order valence-electron chi connectivity index (χ0n) is 15.6. The molecule has 2 N–H and O–H groups in total. The van der Waals surface area contributed by atoms with Crippen molar-refractivity contribution in [3.63, 3.8) is 0 Å². The Kier molecular flexibility index (Phi) is 5.35. The maximum atomic E-state index is 12.5. The number of pyridine rings is 1. The van der Waals surface area contributed by atoms with Gasteiger partial charge in [0, 0.05) is 29.9 Å². The number of amides is 2. The Morgan fingerprint density at radius 3 is 2.50 bits per heavy atom. The van der Waals surface area contributed by atoms with Crippen molar-refractivity contribution in [3.05, 3.63) is 53.3 Å². The van der Waals surface area contributed by atoms with Crippen molar-refractivity contribution in [2.45, 2.75) is 6.92 Å². The first-order chi connectivity index (χ1) is 13.4. The van der Waals surface area contributed by atoms with Gasteiger partial charge in [0.2, 0.25) is 0 Å². The molecule has 0 aliphatic carbocycles. The van der Waals surface area contributed by atoms with Crippen molar-refractivity contribution in [3.8, 4) is 0 Å². The Morgan fingerprint density at radius 1 is 1.11 bits per heavy atom. The summed E-state index contributed by atoms with van der Waals surface area (Å²) in [5.41, 5.74) is 2.79. The standard InChI is InChI=1S/C19H19N5O4/c1-11-15-8-13(9-20-17(15)24(2)23-11)19(27)22-14-6-4-12(5-7-14)18(26)21-10-16(25)28-3/h4-9H,10H2,1-3H3,(H,21,26)(H,22,27). The quantitative estimate of drug-likeness (QED) is 0.646. The van der Waals surface area contributed by atoms with Gasteiger partial charge >= 0.3 is 5.97 Å². The number of aryl methyl sites for hydroxylation is 2. The second-order valence-electron chi connectivity index (χ2n) is 6.09. The zero-order chi connectivity index (χ0) is 20.3. The van der Waals surface area contributed by atoms with E-state index in [0.29, 0.717) is 22.5 Å². The van der Waals surface area contributed by atoms with Crippen molar-refractivity contribution < 1.29 is 19.1 Å². The van der Waals surface area contributed by atoms with Gasteiger partial charge in [-0.1, -0.05) is 0 Å². The molecule has 0 saturated heterocycles. The predicted molar refractivity (Wildman–Crippen MR) is 102 cm³/mol. The van der Waals surface area contributed by atoms with E-state index in [1.807, 2.05) is 6.92 Å². The lowest BCUT2D eigenvalue weighted by Crippen LogP contribution is -2.30. The van der Waals surface area contributed by atoms with Crippen LogP contribution in [-0.2, 0) is 16.6 Å². The fraction of sp³-hybridized carbons (Fsp3) is 0.211. The van der Waals surface area contributed by atoms with Gasteiger partial charge in [-0.15, -0.1) is 0 Å². The molecule has 0 spiro atoms. The Bertz CT molecular complexity index is 1060. The number of esters is 1. The highest BCUT2D eigenvalue weighted by Gasteiger charge is 2.13. The summed E-state index contributed by atoms with van der Waals surface area (Å²) in [5, 5.41) is 10.3. The van der Waals surface area contributed by atoms with E-state index >= 15 is 0 Å². The number of hydrogen-bond acceptors (Lipinski definition) is 6. The minimum Gasteiger partial charge on any atom is -0.468 e. The number of anilines is 1. The number of rotatable bonds is 5. The number of fused-ring (bicyclic) bond motifs is 1. The van der Waals surface area contributed by atoms with E-state index in [2.05, 4.69) is 25.5 Å². The number of aromatic nitrogens is 3. The molecule has 2 heterocycles. The third kappa shape index (κ3) is 3.98. The SMILES string of the molecule is COC(=O)CNC(=O)c1ccc(NC(=O)c2cnc3c(c2)c(C)nn3C)cc1. The first kappa shape index (κ1) is 19.0. The topological polar surface area (TPSA) is 115 Å². The second-order valence-corrected chi connectivity index (χ2v) is 6.09. The molecule has 0 radical (unpaired) electrons. The molecule has 2 aromatic heterocycles. The maximum absolute atomic E-state index is 12.5. The fourth-order valence-corrected chi connectivity index (χ4v) is 2.67. The molecule has 0 bridgehead atoms. The van der Waals surface area contributed by atoms with Crippen LogP contribution in [0.15, 0.2) is 36.5 Å². The highest BCUT2D eigenvalue weighted by Crippen LogP contribution is 2.18. The highest BCUT2D eigenvalue weighted by molar-refractivity contribution is 6.06. The van der Waals surface area contributed by atoms with Crippen LogP contribution in [0, 0.1) is 6.92 Å². The average molecular weight is 381 g/mol. The molecular formula is C19H19N5O4. The number of nitrogens with one attached hydrogen (secondary N) is 2. The molecule has 9 nitrogen and oxygen atoms in total. The highest BCUT2D eigenvalue weighted by atomic mass is 16.5. The van der Waals surface area contributed by atoms with Gasteiger partial charge in [0.05, 0.1) is 18.4 Å². The summed E-state index contributed by atoms with van der Waals surface area (Å²) < 4.78 is 6.13. The number of benzene rings is 1.